The second kappa shape index (κ2) is 6.39. The first-order valence-corrected chi connectivity index (χ1v) is 9.49. The van der Waals surface area contributed by atoms with Gasteiger partial charge in [0.2, 0.25) is 0 Å². The highest BCUT2D eigenvalue weighted by Gasteiger charge is 2.32. The molecule has 122 valence electrons. The van der Waals surface area contributed by atoms with Gasteiger partial charge in [0.15, 0.2) is 0 Å². The molecule has 1 aromatic carbocycles. The minimum Gasteiger partial charge on any atom is -0.248 e. The van der Waals surface area contributed by atoms with Gasteiger partial charge in [-0.25, -0.2) is 9.35 Å². The summed E-state index contributed by atoms with van der Waals surface area (Å²) in [5, 5.41) is 6.38. The van der Waals surface area contributed by atoms with Gasteiger partial charge in [-0.3, -0.25) is 0 Å². The molecular weight excluding hydrogens is 326 g/mol. The molecule has 0 aliphatic heterocycles. The van der Waals surface area contributed by atoms with Crippen LogP contribution in [0.5, 0.6) is 0 Å². The molecule has 0 spiro atoms. The van der Waals surface area contributed by atoms with Crippen LogP contribution in [-0.4, -0.2) is 4.21 Å². The summed E-state index contributed by atoms with van der Waals surface area (Å²) < 4.78 is 11.4. The van der Waals surface area contributed by atoms with Gasteiger partial charge in [0.05, 0.1) is 4.90 Å². The molecule has 0 heterocycles. The van der Waals surface area contributed by atoms with Crippen molar-refractivity contribution in [1.29, 1.82) is 0 Å². The van der Waals surface area contributed by atoms with Crippen molar-refractivity contribution in [2.75, 3.05) is 0 Å². The maximum atomic E-state index is 11.4. The summed E-state index contributed by atoms with van der Waals surface area (Å²) in [7, 11) is -1.42. The molecule has 23 heavy (non-hydrogen) atoms. The van der Waals surface area contributed by atoms with Gasteiger partial charge in [-0.2, -0.15) is 0 Å². The van der Waals surface area contributed by atoms with E-state index in [1.807, 2.05) is 30.3 Å². The summed E-state index contributed by atoms with van der Waals surface area (Å²) in [6.45, 7) is 4.63. The maximum Gasteiger partial charge on any atom is 0.122 e. The Kier molecular flexibility index (Phi) is 4.63. The summed E-state index contributed by atoms with van der Waals surface area (Å²) in [6.07, 6.45) is 8.28. The van der Waals surface area contributed by atoms with Crippen LogP contribution in [0.2, 0.25) is 0 Å². The molecule has 0 radical (unpaired) electrons. The molecule has 2 nitrogen and oxygen atoms in total. The van der Waals surface area contributed by atoms with Gasteiger partial charge in [-0.1, -0.05) is 43.7 Å². The van der Waals surface area contributed by atoms with Crippen LogP contribution in [0.3, 0.4) is 0 Å². The van der Waals surface area contributed by atoms with Crippen LogP contribution >= 0.6 is 11.6 Å². The average Bonchev–Trinajstić information content (AvgIpc) is 2.84. The summed E-state index contributed by atoms with van der Waals surface area (Å²) in [4.78, 5) is 0.666. The molecule has 2 aliphatic carbocycles. The number of hydrogen-bond donors (Lipinski definition) is 1. The molecule has 0 amide bonds. The van der Waals surface area contributed by atoms with Gasteiger partial charge in [-0.15, -0.1) is 0 Å². The Morgan fingerprint density at radius 3 is 2.26 bits per heavy atom. The van der Waals surface area contributed by atoms with Crippen LogP contribution in [0.1, 0.15) is 45.1 Å². The Morgan fingerprint density at radius 1 is 1.04 bits per heavy atom. The van der Waals surface area contributed by atoms with Gasteiger partial charge >= 0.3 is 0 Å². The predicted molar refractivity (Wildman–Crippen MR) is 98.2 cm³/mol. The lowest BCUT2D eigenvalue weighted by atomic mass is 9.87. The lowest BCUT2D eigenvalue weighted by Crippen LogP contribution is -2.06. The zero-order valence-corrected chi connectivity index (χ0v) is 15.1. The van der Waals surface area contributed by atoms with Crippen LogP contribution in [0.25, 0.3) is 5.57 Å². The van der Waals surface area contributed by atoms with Crippen molar-refractivity contribution < 1.29 is 4.21 Å². The lowest BCUT2D eigenvalue weighted by Gasteiger charge is -2.18. The van der Waals surface area contributed by atoms with Crippen LogP contribution in [0.4, 0.5) is 0 Å². The third kappa shape index (κ3) is 3.68. The fourth-order valence-corrected chi connectivity index (χ4v) is 4.03. The molecule has 3 rings (SSSR count). The summed E-state index contributed by atoms with van der Waals surface area (Å²) in [5.41, 5.74) is 5.74. The minimum absolute atomic E-state index is 0.270. The molecule has 0 fully saturated rings. The van der Waals surface area contributed by atoms with Gasteiger partial charge in [0.1, 0.15) is 11.0 Å². The predicted octanol–water partition coefficient (Wildman–Crippen LogP) is 5.08. The van der Waals surface area contributed by atoms with Crippen LogP contribution < -0.4 is 5.14 Å². The van der Waals surface area contributed by atoms with Crippen molar-refractivity contribution in [2.24, 2.45) is 10.6 Å². The van der Waals surface area contributed by atoms with Crippen molar-refractivity contribution in [3.05, 3.63) is 58.2 Å². The third-order valence-electron chi connectivity index (χ3n) is 4.60. The van der Waals surface area contributed by atoms with E-state index in [-0.39, 0.29) is 5.41 Å². The van der Waals surface area contributed by atoms with Crippen molar-refractivity contribution in [1.82, 2.24) is 0 Å². The number of hydrogen-bond acceptors (Lipinski definition) is 1. The fourth-order valence-electron chi connectivity index (χ4n) is 3.47. The van der Waals surface area contributed by atoms with Gasteiger partial charge in [0, 0.05) is 5.03 Å². The average molecular weight is 348 g/mol. The summed E-state index contributed by atoms with van der Waals surface area (Å²) in [6, 6.07) is 7.83. The van der Waals surface area contributed by atoms with Crippen molar-refractivity contribution in [3.63, 3.8) is 0 Å². The Labute approximate surface area is 145 Å². The van der Waals surface area contributed by atoms with E-state index in [0.717, 1.165) is 30.7 Å². The molecular formula is C19H22ClNOS. The van der Waals surface area contributed by atoms with E-state index in [1.54, 1.807) is 0 Å². The number of halogens is 1. The zero-order chi connectivity index (χ0) is 16.6. The lowest BCUT2D eigenvalue weighted by molar-refractivity contribution is 0.397. The highest BCUT2D eigenvalue weighted by atomic mass is 35.5. The Morgan fingerprint density at radius 2 is 1.70 bits per heavy atom. The van der Waals surface area contributed by atoms with E-state index in [2.05, 4.69) is 19.9 Å². The van der Waals surface area contributed by atoms with Crippen molar-refractivity contribution >= 4 is 28.2 Å². The second-order valence-corrected chi connectivity index (χ2v) is 8.65. The van der Waals surface area contributed by atoms with Crippen LogP contribution in [-0.2, 0) is 11.0 Å². The van der Waals surface area contributed by atoms with Crippen molar-refractivity contribution in [3.8, 4) is 0 Å². The summed E-state index contributed by atoms with van der Waals surface area (Å²) >= 11 is 6.10. The molecule has 2 aliphatic rings. The largest absolute Gasteiger partial charge is 0.248 e. The molecule has 4 heteroatoms. The van der Waals surface area contributed by atoms with Gasteiger partial charge in [0.25, 0.3) is 0 Å². The number of allylic oxidation sites excluding steroid dienone is 6. The van der Waals surface area contributed by atoms with E-state index in [9.17, 15) is 4.21 Å². The monoisotopic (exact) mass is 347 g/mol. The van der Waals surface area contributed by atoms with Crippen LogP contribution in [0.15, 0.2) is 57.5 Å². The Bertz CT molecular complexity index is 741. The number of nitrogens with two attached hydrogens (primary N) is 1. The highest BCUT2D eigenvalue weighted by molar-refractivity contribution is 7.82. The van der Waals surface area contributed by atoms with E-state index >= 15 is 0 Å². The standard InChI is InChI=1S/C19H22ClNOS/c1-19(2)11-17(13-3-7-15(20)8-4-13)18(12-19)14-5-9-16(10-6-14)23(21)22/h3,5-7,9-10H,4,8,11-12,21H2,1-2H3. The SMILES string of the molecule is CC1(C)CC(C2=CC=C(Cl)CC2)=C(c2ccc(S(N)=O)cc2)C1. The molecule has 2 N–H and O–H groups in total. The topological polar surface area (TPSA) is 43.1 Å². The molecule has 0 saturated carbocycles. The first kappa shape index (κ1) is 16.7. The summed E-state index contributed by atoms with van der Waals surface area (Å²) in [5.74, 6) is 0. The first-order valence-electron chi connectivity index (χ1n) is 7.90. The third-order valence-corrected chi connectivity index (χ3v) is 5.65. The van der Waals surface area contributed by atoms with E-state index in [0.29, 0.717) is 4.90 Å². The molecule has 1 aromatic rings. The van der Waals surface area contributed by atoms with E-state index < -0.39 is 11.0 Å². The fraction of sp³-hybridized carbons (Fsp3) is 0.368. The molecule has 0 bridgehead atoms. The maximum absolute atomic E-state index is 11.4. The zero-order valence-electron chi connectivity index (χ0n) is 13.6. The molecule has 1 unspecified atom stereocenters. The Hall–Kier alpha value is -1.16. The van der Waals surface area contributed by atoms with Crippen molar-refractivity contribution in [2.45, 2.75) is 44.4 Å². The molecule has 0 aromatic heterocycles. The number of rotatable bonds is 3. The highest BCUT2D eigenvalue weighted by Crippen LogP contribution is 2.49. The Balaban J connectivity index is 2.01. The normalized spacial score (nSPS) is 21.9. The van der Waals surface area contributed by atoms with Gasteiger partial charge in [-0.05, 0) is 71.6 Å². The van der Waals surface area contributed by atoms with E-state index in [4.69, 9.17) is 16.7 Å². The smallest absolute Gasteiger partial charge is 0.122 e. The molecule has 0 saturated heterocycles. The quantitative estimate of drug-likeness (QED) is 0.813. The van der Waals surface area contributed by atoms with Crippen LogP contribution in [0, 0.1) is 5.41 Å². The number of benzene rings is 1. The van der Waals surface area contributed by atoms with E-state index in [1.165, 1.54) is 22.3 Å². The first-order chi connectivity index (χ1) is 10.9. The van der Waals surface area contributed by atoms with Gasteiger partial charge < -0.3 is 0 Å². The molecule has 1 atom stereocenters. The second-order valence-electron chi connectivity index (χ2n) is 7.10. The minimum atomic E-state index is -1.42.